The molecule has 0 spiro atoms. The molecule has 0 radical (unpaired) electrons. The second-order valence-corrected chi connectivity index (χ2v) is 6.50. The van der Waals surface area contributed by atoms with Gasteiger partial charge in [0.25, 0.3) is 0 Å². The highest BCUT2D eigenvalue weighted by atomic mass is 32.1. The molecular formula is C16H20F2N2S. The molecule has 21 heavy (non-hydrogen) atoms. The fourth-order valence-electron chi connectivity index (χ4n) is 3.44. The van der Waals surface area contributed by atoms with Gasteiger partial charge in [0.15, 0.2) is 10.6 Å². The van der Waals surface area contributed by atoms with Crippen molar-refractivity contribution in [2.24, 2.45) is 11.8 Å². The van der Waals surface area contributed by atoms with Crippen LogP contribution in [0.1, 0.15) is 39.0 Å². The summed E-state index contributed by atoms with van der Waals surface area (Å²) in [5.41, 5.74) is 0.846. The molecule has 0 amide bonds. The highest BCUT2D eigenvalue weighted by molar-refractivity contribution is 7.71. The van der Waals surface area contributed by atoms with Crippen molar-refractivity contribution >= 4 is 23.3 Å². The van der Waals surface area contributed by atoms with E-state index in [2.05, 4.69) is 11.9 Å². The Labute approximate surface area is 128 Å². The number of hydrogen-bond acceptors (Lipinski definition) is 1. The third-order valence-corrected chi connectivity index (χ3v) is 5.11. The summed E-state index contributed by atoms with van der Waals surface area (Å²) in [6.45, 7) is 2.99. The molecule has 1 aromatic heterocycles. The second-order valence-electron chi connectivity index (χ2n) is 6.12. The van der Waals surface area contributed by atoms with E-state index in [4.69, 9.17) is 12.2 Å². The summed E-state index contributed by atoms with van der Waals surface area (Å²) in [6, 6.07) is 2.26. The summed E-state index contributed by atoms with van der Waals surface area (Å²) in [7, 11) is 0. The molecule has 114 valence electrons. The number of aromatic amines is 1. The van der Waals surface area contributed by atoms with Gasteiger partial charge in [0.05, 0.1) is 5.52 Å². The van der Waals surface area contributed by atoms with Crippen LogP contribution in [0.25, 0.3) is 11.0 Å². The Morgan fingerprint density at radius 1 is 1.19 bits per heavy atom. The fourth-order valence-corrected chi connectivity index (χ4v) is 3.72. The molecule has 0 aliphatic heterocycles. The highest BCUT2D eigenvalue weighted by Gasteiger charge is 2.21. The number of aromatic nitrogens is 2. The van der Waals surface area contributed by atoms with E-state index in [0.717, 1.165) is 18.5 Å². The van der Waals surface area contributed by atoms with Crippen LogP contribution in [0.5, 0.6) is 0 Å². The van der Waals surface area contributed by atoms with E-state index in [1.54, 1.807) is 0 Å². The SMILES string of the molecule is CCC1CCC(Cn2c(=S)[nH]c3c(F)cc(F)cc32)CC1. The molecule has 2 nitrogen and oxygen atoms in total. The lowest BCUT2D eigenvalue weighted by Gasteiger charge is -2.28. The monoisotopic (exact) mass is 310 g/mol. The van der Waals surface area contributed by atoms with Crippen LogP contribution in [0, 0.1) is 28.2 Å². The van der Waals surface area contributed by atoms with E-state index < -0.39 is 11.6 Å². The topological polar surface area (TPSA) is 20.7 Å². The van der Waals surface area contributed by atoms with E-state index in [-0.39, 0.29) is 0 Å². The van der Waals surface area contributed by atoms with Crippen molar-refractivity contribution < 1.29 is 8.78 Å². The van der Waals surface area contributed by atoms with Crippen molar-refractivity contribution in [3.05, 3.63) is 28.5 Å². The molecule has 2 aromatic rings. The maximum Gasteiger partial charge on any atom is 0.178 e. The number of imidazole rings is 1. The van der Waals surface area contributed by atoms with Gasteiger partial charge in [-0.05, 0) is 43.0 Å². The van der Waals surface area contributed by atoms with Crippen LogP contribution in [0.15, 0.2) is 12.1 Å². The van der Waals surface area contributed by atoms with Gasteiger partial charge in [-0.25, -0.2) is 8.78 Å². The van der Waals surface area contributed by atoms with Gasteiger partial charge in [-0.2, -0.15) is 0 Å². The van der Waals surface area contributed by atoms with Crippen LogP contribution in [0.2, 0.25) is 0 Å². The predicted molar refractivity (Wildman–Crippen MR) is 82.8 cm³/mol. The maximum absolute atomic E-state index is 13.8. The number of H-pyrrole nitrogens is 1. The Balaban J connectivity index is 1.87. The molecule has 0 unspecified atom stereocenters. The molecule has 1 fully saturated rings. The van der Waals surface area contributed by atoms with Crippen LogP contribution in [0.4, 0.5) is 8.78 Å². The van der Waals surface area contributed by atoms with Crippen LogP contribution in [-0.4, -0.2) is 9.55 Å². The minimum absolute atomic E-state index is 0.309. The minimum Gasteiger partial charge on any atom is -0.328 e. The summed E-state index contributed by atoms with van der Waals surface area (Å²) in [5.74, 6) is 0.249. The van der Waals surface area contributed by atoms with Crippen LogP contribution < -0.4 is 0 Å². The normalized spacial score (nSPS) is 22.8. The Bertz CT molecular complexity index is 696. The highest BCUT2D eigenvalue weighted by Crippen LogP contribution is 2.32. The fraction of sp³-hybridized carbons (Fsp3) is 0.562. The summed E-state index contributed by atoms with van der Waals surface area (Å²) in [4.78, 5) is 2.87. The number of benzene rings is 1. The zero-order valence-corrected chi connectivity index (χ0v) is 13.0. The standard InChI is InChI=1S/C16H20F2N2S/c1-2-10-3-5-11(6-4-10)9-20-14-8-12(17)7-13(18)15(14)19-16(20)21/h7-8,10-11H,2-6,9H2,1H3,(H,19,21). The molecule has 5 heteroatoms. The zero-order chi connectivity index (χ0) is 15.0. The molecular weight excluding hydrogens is 290 g/mol. The first kappa shape index (κ1) is 14.7. The van der Waals surface area contributed by atoms with Gasteiger partial charge >= 0.3 is 0 Å². The van der Waals surface area contributed by atoms with Crippen molar-refractivity contribution in [3.63, 3.8) is 0 Å². The van der Waals surface area contributed by atoms with E-state index in [0.29, 0.717) is 21.7 Å². The molecule has 0 bridgehead atoms. The minimum atomic E-state index is -0.579. The van der Waals surface area contributed by atoms with Crippen LogP contribution in [-0.2, 0) is 6.54 Å². The number of nitrogens with one attached hydrogen (secondary N) is 1. The largest absolute Gasteiger partial charge is 0.328 e. The van der Waals surface area contributed by atoms with Crippen molar-refractivity contribution in [2.75, 3.05) is 0 Å². The first-order valence-corrected chi connectivity index (χ1v) is 8.07. The van der Waals surface area contributed by atoms with Crippen molar-refractivity contribution in [2.45, 2.75) is 45.6 Å². The number of nitrogens with zero attached hydrogens (tertiary/aromatic N) is 1. The maximum atomic E-state index is 13.8. The third-order valence-electron chi connectivity index (χ3n) is 4.79. The van der Waals surface area contributed by atoms with Crippen LogP contribution in [0.3, 0.4) is 0 Å². The first-order chi connectivity index (χ1) is 10.1. The van der Waals surface area contributed by atoms with Gasteiger partial charge in [-0.15, -0.1) is 0 Å². The predicted octanol–water partition coefficient (Wildman–Crippen LogP) is 5.19. The molecule has 1 saturated carbocycles. The van der Waals surface area contributed by atoms with Gasteiger partial charge in [-0.3, -0.25) is 0 Å². The summed E-state index contributed by atoms with van der Waals surface area (Å²) >= 11 is 5.29. The van der Waals surface area contributed by atoms with Crippen LogP contribution >= 0.6 is 12.2 Å². The lowest BCUT2D eigenvalue weighted by molar-refractivity contribution is 0.248. The molecule has 3 rings (SSSR count). The quantitative estimate of drug-likeness (QED) is 0.773. The van der Waals surface area contributed by atoms with Crippen molar-refractivity contribution in [1.82, 2.24) is 9.55 Å². The van der Waals surface area contributed by atoms with E-state index in [1.165, 1.54) is 38.2 Å². The zero-order valence-electron chi connectivity index (χ0n) is 12.2. The number of halogens is 2. The lowest BCUT2D eigenvalue weighted by atomic mass is 9.81. The number of rotatable bonds is 3. The molecule has 1 N–H and O–H groups in total. The van der Waals surface area contributed by atoms with E-state index in [1.807, 2.05) is 4.57 Å². The summed E-state index contributed by atoms with van der Waals surface area (Å²) < 4.78 is 29.6. The van der Waals surface area contributed by atoms with E-state index in [9.17, 15) is 8.78 Å². The van der Waals surface area contributed by atoms with E-state index >= 15 is 0 Å². The number of fused-ring (bicyclic) bond motifs is 1. The second kappa shape index (κ2) is 5.87. The molecule has 1 heterocycles. The molecule has 0 atom stereocenters. The summed E-state index contributed by atoms with van der Waals surface area (Å²) in [6.07, 6.45) is 6.09. The Hall–Kier alpha value is -1.23. The van der Waals surface area contributed by atoms with Gasteiger partial charge in [-0.1, -0.05) is 26.2 Å². The van der Waals surface area contributed by atoms with Crippen molar-refractivity contribution in [1.29, 1.82) is 0 Å². The Kier molecular flexibility index (Phi) is 4.11. The molecule has 1 aliphatic carbocycles. The molecule has 0 saturated heterocycles. The van der Waals surface area contributed by atoms with Gasteiger partial charge in [0.1, 0.15) is 11.3 Å². The Morgan fingerprint density at radius 3 is 2.52 bits per heavy atom. The van der Waals surface area contributed by atoms with Crippen molar-refractivity contribution in [3.8, 4) is 0 Å². The molecule has 1 aliphatic rings. The smallest absolute Gasteiger partial charge is 0.178 e. The Morgan fingerprint density at radius 2 is 1.86 bits per heavy atom. The first-order valence-electron chi connectivity index (χ1n) is 7.66. The van der Waals surface area contributed by atoms with Gasteiger partial charge in [0.2, 0.25) is 0 Å². The van der Waals surface area contributed by atoms with Gasteiger partial charge < -0.3 is 9.55 Å². The average molecular weight is 310 g/mol. The van der Waals surface area contributed by atoms with Gasteiger partial charge in [0, 0.05) is 12.6 Å². The summed E-state index contributed by atoms with van der Waals surface area (Å²) in [5, 5.41) is 0. The average Bonchev–Trinajstić information content (AvgIpc) is 2.77. The molecule has 1 aromatic carbocycles. The number of hydrogen-bond donors (Lipinski definition) is 1. The lowest BCUT2D eigenvalue weighted by Crippen LogP contribution is -2.18. The third kappa shape index (κ3) is 2.89.